The third-order valence-electron chi connectivity index (χ3n) is 18.3. The number of rotatable bonds is 50. The fourth-order valence-corrected chi connectivity index (χ4v) is 12.2. The van der Waals surface area contributed by atoms with Crippen LogP contribution in [0.3, 0.4) is 0 Å². The van der Waals surface area contributed by atoms with Gasteiger partial charge < -0.3 is 102 Å². The molecule has 2 rings (SSSR count). The van der Waals surface area contributed by atoms with E-state index in [4.69, 9.17) is 28.8 Å². The van der Waals surface area contributed by atoms with Gasteiger partial charge in [-0.15, -0.1) is 0 Å². The van der Waals surface area contributed by atoms with Gasteiger partial charge in [0.2, 0.25) is 53.2 Å². The predicted molar refractivity (Wildman–Crippen MR) is 390 cm³/mol. The zero-order valence-corrected chi connectivity index (χ0v) is 65.1. The Morgan fingerprint density at radius 1 is 0.670 bits per heavy atom. The van der Waals surface area contributed by atoms with E-state index in [1.165, 1.54) is 21.1 Å². The first kappa shape index (κ1) is 94.6. The highest BCUT2D eigenvalue weighted by atomic mass is 16.6. The molecule has 1 fully saturated rings. The van der Waals surface area contributed by atoms with Crippen LogP contribution in [-0.4, -0.2) is 292 Å². The molecule has 0 saturated carbocycles. The molecule has 0 aromatic heterocycles. The van der Waals surface area contributed by atoms with Crippen molar-refractivity contribution in [2.45, 2.75) is 213 Å². The molecule has 0 spiro atoms. The van der Waals surface area contributed by atoms with Crippen LogP contribution in [0, 0.1) is 35.0 Å². The van der Waals surface area contributed by atoms with Crippen LogP contribution in [-0.2, 0) is 82.8 Å². The van der Waals surface area contributed by atoms with Crippen LogP contribution < -0.4 is 42.5 Å². The summed E-state index contributed by atoms with van der Waals surface area (Å²) in [6.45, 7) is 18.0. The molecular weight excluding hydrogens is 1380 g/mol. The molecule has 0 bridgehead atoms. The summed E-state index contributed by atoms with van der Waals surface area (Å²) in [6, 6.07) is 4.36. The summed E-state index contributed by atoms with van der Waals surface area (Å²) < 4.78 is 28.1. The number of hydrogen-bond acceptors (Lipinski definition) is 23. The Hall–Kier alpha value is -7.50. The molecule has 1 aliphatic heterocycles. The van der Waals surface area contributed by atoms with E-state index in [-0.39, 0.29) is 118 Å². The van der Waals surface area contributed by atoms with Crippen molar-refractivity contribution in [1.82, 2.24) is 57.2 Å². The van der Waals surface area contributed by atoms with Gasteiger partial charge in [0.1, 0.15) is 43.0 Å². The highest BCUT2D eigenvalue weighted by Gasteiger charge is 2.44. The topological polar surface area (TPSA) is 458 Å². The first-order valence-electron chi connectivity index (χ1n) is 36.6. The zero-order chi connectivity index (χ0) is 80.1. The highest BCUT2D eigenvalue weighted by molar-refractivity contribution is 5.92. The van der Waals surface area contributed by atoms with Crippen molar-refractivity contribution in [3.63, 3.8) is 0 Å². The SMILES string of the molecule is CC[C@H](C)[C@@H]([C@@H](CC(=O)N1CCC[C@H]1[C@H](OC)[C@@H](C)C(=O)N[C@@H](Cc1ccccc1)C(=O)NCCCOC(=O)[C@H](C)NC(=O)CCNC(=O)OC[C@H](CC(=O)CNC(=O)CCNC(=O)CCOCC(C)(C)C)C(=O)NC[C@H](O)[C@@H](O)[C@H](O)[C@H](O)CO)OC)N(C)C(=O)[C@@H](NC(=O)[C@H](C(C)C)N(C)C)C(C)C. The number of carbonyl (C=O) groups is 12. The number of nitrogens with zero attached hydrogens (tertiary/aromatic N) is 3. The summed E-state index contributed by atoms with van der Waals surface area (Å²) in [7, 11) is 8.29. The van der Waals surface area contributed by atoms with Gasteiger partial charge in [0.15, 0.2) is 5.78 Å². The number of alkyl carbamates (subject to hydrolysis) is 1. The molecule has 0 aliphatic carbocycles. The summed E-state index contributed by atoms with van der Waals surface area (Å²) in [5, 5.41) is 70.0. The predicted octanol–water partition coefficient (Wildman–Crippen LogP) is -0.766. The average molecular weight is 1510 g/mol. The molecule has 0 unspecified atom stereocenters. The Balaban J connectivity index is 2.03. The molecule has 1 aliphatic rings. The number of esters is 1. The molecule has 604 valence electrons. The Morgan fingerprint density at radius 3 is 1.90 bits per heavy atom. The van der Waals surface area contributed by atoms with E-state index in [1.54, 1.807) is 35.9 Å². The van der Waals surface area contributed by atoms with Gasteiger partial charge in [-0.05, 0) is 69.0 Å². The normalized spacial score (nSPS) is 17.1. The summed E-state index contributed by atoms with van der Waals surface area (Å²) in [6.07, 6.45) is -9.67. The number of methoxy groups -OCH3 is 2. The van der Waals surface area contributed by atoms with Crippen LogP contribution >= 0.6 is 0 Å². The first-order valence-corrected chi connectivity index (χ1v) is 36.6. The number of benzene rings is 1. The molecule has 13 N–H and O–H groups in total. The number of likely N-dealkylation sites (tertiary alicyclic amines) is 1. The van der Waals surface area contributed by atoms with Crippen LogP contribution in [0.1, 0.15) is 140 Å². The van der Waals surface area contributed by atoms with E-state index in [2.05, 4.69) is 42.5 Å². The second-order valence-corrected chi connectivity index (χ2v) is 29.3. The summed E-state index contributed by atoms with van der Waals surface area (Å²) in [4.78, 5) is 166. The number of amides is 10. The molecule has 1 aromatic carbocycles. The van der Waals surface area contributed by atoms with Crippen LogP contribution in [0.25, 0.3) is 0 Å². The van der Waals surface area contributed by atoms with E-state index >= 15 is 0 Å². The average Bonchev–Trinajstić information content (AvgIpc) is 1.30. The van der Waals surface area contributed by atoms with Gasteiger partial charge in [-0.1, -0.05) is 106 Å². The quantitative estimate of drug-likeness (QED) is 0.0281. The molecule has 1 aromatic rings. The number of aliphatic hydroxyl groups excluding tert-OH is 5. The number of aliphatic hydroxyl groups is 5. The van der Waals surface area contributed by atoms with Crippen LogP contribution in [0.2, 0.25) is 0 Å². The third kappa shape index (κ3) is 33.7. The van der Waals surface area contributed by atoms with Gasteiger partial charge >= 0.3 is 12.1 Å². The Morgan fingerprint density at radius 2 is 1.30 bits per heavy atom. The maximum Gasteiger partial charge on any atom is 0.407 e. The third-order valence-corrected chi connectivity index (χ3v) is 18.3. The minimum Gasteiger partial charge on any atom is -0.464 e. The number of hydrogen-bond donors (Lipinski definition) is 13. The maximum atomic E-state index is 14.6. The van der Waals surface area contributed by atoms with Crippen LogP contribution in [0.15, 0.2) is 30.3 Å². The summed E-state index contributed by atoms with van der Waals surface area (Å²) in [5.74, 6) is -8.78. The molecule has 0 radical (unpaired) electrons. The maximum absolute atomic E-state index is 14.6. The van der Waals surface area contributed by atoms with E-state index in [1.807, 2.05) is 99.5 Å². The van der Waals surface area contributed by atoms with Gasteiger partial charge in [-0.25, -0.2) is 9.59 Å². The Labute approximate surface area is 624 Å². The molecule has 1 heterocycles. The summed E-state index contributed by atoms with van der Waals surface area (Å²) >= 11 is 0. The largest absolute Gasteiger partial charge is 0.464 e. The standard InChI is InChI=1S/C73H125N11O22/c1-17-45(6)62(83(14)70(99)60(43(2)3)81-69(98)61(44(4)5)82(12)13)55(102-15)37-59(92)84-32-21-25-52(84)65(103-16)46(7)66(95)80-51(35-48-23-19-18-20-24-48)68(97)75-29-22-33-105-71(100)47(8)79-58(91)27-31-76-72(101)106-41-49(67(96)78-39-53(87)63(93)64(94)54(88)40-85)36-50(86)38-77-56(89)26-30-74-57(90)28-34-104-42-73(9,10)11/h18-20,23-24,43-47,49,51-55,60-65,85,87-88,93-94H,17,21-22,25-42H2,1-16H3,(H,74,90)(H,75,97)(H,76,101)(H,77,89)(H,78,96)(H,79,91)(H,80,95)(H,81,98)/t45-,46+,47-,49-,51-,52-,53-,54+,55+,60-,61-,62-,63+,64+,65+/m0/s1. The number of likely N-dealkylation sites (N-methyl/N-ethyl adjacent to an activating group) is 2. The fourth-order valence-electron chi connectivity index (χ4n) is 12.2. The van der Waals surface area contributed by atoms with Crippen molar-refractivity contribution in [2.24, 2.45) is 35.0 Å². The lowest BCUT2D eigenvalue weighted by atomic mass is 9.89. The number of nitrogens with one attached hydrogen (secondary N) is 8. The number of ketones is 1. The second kappa shape index (κ2) is 48.7. The molecule has 1 saturated heterocycles. The van der Waals surface area contributed by atoms with Gasteiger partial charge in [0.05, 0.1) is 87.7 Å². The van der Waals surface area contributed by atoms with E-state index in [0.717, 1.165) is 5.56 Å². The summed E-state index contributed by atoms with van der Waals surface area (Å²) in [5.41, 5.74) is 0.663. The highest BCUT2D eigenvalue weighted by Crippen LogP contribution is 2.30. The van der Waals surface area contributed by atoms with Crippen molar-refractivity contribution in [3.05, 3.63) is 35.9 Å². The lowest BCUT2D eigenvalue weighted by Crippen LogP contribution is -2.59. The number of Topliss-reactive ketones (excluding diaryl/α,β-unsaturated/α-hetero) is 1. The Bertz CT molecular complexity index is 2920. The van der Waals surface area contributed by atoms with Gasteiger partial charge in [0.25, 0.3) is 0 Å². The van der Waals surface area contributed by atoms with E-state index in [0.29, 0.717) is 32.4 Å². The smallest absolute Gasteiger partial charge is 0.407 e. The number of ether oxygens (including phenoxy) is 5. The molecule has 15 atom stereocenters. The molecule has 33 heteroatoms. The van der Waals surface area contributed by atoms with Gasteiger partial charge in [-0.2, -0.15) is 0 Å². The fraction of sp³-hybridized carbons (Fsp3) is 0.753. The molecule has 106 heavy (non-hydrogen) atoms. The van der Waals surface area contributed by atoms with Crippen molar-refractivity contribution in [1.29, 1.82) is 0 Å². The number of carbonyl (C=O) groups excluding carboxylic acids is 12. The monoisotopic (exact) mass is 1510 g/mol. The lowest BCUT2D eigenvalue weighted by Gasteiger charge is -2.41. The Kier molecular flexibility index (Phi) is 43.5. The van der Waals surface area contributed by atoms with E-state index in [9.17, 15) is 78.0 Å². The lowest BCUT2D eigenvalue weighted by molar-refractivity contribution is -0.148. The second-order valence-electron chi connectivity index (χ2n) is 29.3. The van der Waals surface area contributed by atoms with Crippen molar-refractivity contribution < 1.29 is 107 Å². The molecular formula is C73H125N11O22. The van der Waals surface area contributed by atoms with Crippen molar-refractivity contribution in [2.75, 3.05) is 108 Å². The minimum absolute atomic E-state index is 0.00868. The minimum atomic E-state index is -2.04. The van der Waals surface area contributed by atoms with Crippen molar-refractivity contribution >= 4 is 71.0 Å². The molecule has 10 amide bonds. The van der Waals surface area contributed by atoms with Gasteiger partial charge in [0, 0.05) is 86.1 Å². The van der Waals surface area contributed by atoms with Crippen molar-refractivity contribution in [3.8, 4) is 0 Å². The van der Waals surface area contributed by atoms with Crippen LogP contribution in [0.5, 0.6) is 0 Å². The zero-order valence-electron chi connectivity index (χ0n) is 65.1. The molecule has 33 nitrogen and oxygen atoms in total. The van der Waals surface area contributed by atoms with Gasteiger partial charge in [-0.3, -0.25) is 52.8 Å². The first-order chi connectivity index (χ1) is 49.8. The van der Waals surface area contributed by atoms with Crippen LogP contribution in [0.4, 0.5) is 4.79 Å². The van der Waals surface area contributed by atoms with E-state index < -0.39 is 165 Å².